The Bertz CT molecular complexity index is 4330. The van der Waals surface area contributed by atoms with Gasteiger partial charge in [0.2, 0.25) is 82.7 Å². The molecule has 0 saturated carbocycles. The van der Waals surface area contributed by atoms with Crippen molar-refractivity contribution in [1.29, 1.82) is 0 Å². The third-order valence-electron chi connectivity index (χ3n) is 21.0. The van der Waals surface area contributed by atoms with Crippen LogP contribution in [0, 0.1) is 0 Å². The number of aromatic nitrogens is 2. The summed E-state index contributed by atoms with van der Waals surface area (Å²) in [6, 6.07) is 2.82. The van der Waals surface area contributed by atoms with Crippen molar-refractivity contribution in [3.8, 4) is 0 Å². The summed E-state index contributed by atoms with van der Waals surface area (Å²) in [4.78, 5) is 219. The summed E-state index contributed by atoms with van der Waals surface area (Å²) in [5.74, 6) is -12.4. The molecule has 4 aromatic rings. The summed E-state index contributed by atoms with van der Waals surface area (Å²) in [5, 5.41) is 46.4. The van der Waals surface area contributed by atoms with E-state index in [0.717, 1.165) is 76.4 Å². The van der Waals surface area contributed by atoms with Gasteiger partial charge in [0.05, 0.1) is 106 Å². The molecule has 0 spiro atoms. The molecular formula is C78H114N18O21S4+2. The number of benzene rings is 2. The number of rotatable bonds is 22. The lowest BCUT2D eigenvalue weighted by Gasteiger charge is -2.37. The number of hydrogen-bond acceptors (Lipinski definition) is 23. The number of nitrogens with one attached hydrogen (secondary N) is 12. The van der Waals surface area contributed by atoms with Gasteiger partial charge in [0.1, 0.15) is 73.5 Å². The molecule has 121 heavy (non-hydrogen) atoms. The standard InChI is InChI=1S/C40H57N9O11S2.C38H55N9O10S2/c1-24-40(58)48-21-26(60-22-25-19-42-28-8-4-3-7-27(25)28)17-32(48)39(57)47-31(36(41)54)23-62-61-16-10-33(50)45-29(9-5-6-11-49(2)12-14-59-15-13-49)37(55)43-20-34(51)46-30(18-35(52)53)38(56)44-24;1-22-38(56)46-19-24(57-20-23-17-40-26-10-6-5-9-25(23)26)15-30(46)37(55)45-29(34(39)52)21-59-58-14-12-31(48)43-27(11-7-8-13-47(2,3)4)35(53)41-18-32(49)44-28(16-33(50)51)36(54)42-22/h3-4,7-8,19,24,26,29-32,42H,5-6,9-18,20-23H2,1-2H3,(H7-,41,43,44,45,46,47,50,51,52,53,54,55,56,57);5-6,9-10,17,22,24,27-30,40H,7-8,11-16,18-21H2,1-4H3,(H7-,39,41,42,43,44,45,48,49,50,51,52,53,54,55)/p+2/t24-,26?,29?,30-,31-,32-;22-,24?,27?,28-,29-,30-/m00/s1. The lowest BCUT2D eigenvalue weighted by atomic mass is 10.1. The highest BCUT2D eigenvalue weighted by molar-refractivity contribution is 8.77. The molecule has 39 nitrogen and oxygen atoms in total. The average Bonchev–Trinajstić information content (AvgIpc) is 1.66. The van der Waals surface area contributed by atoms with Crippen LogP contribution in [0.4, 0.5) is 0 Å². The summed E-state index contributed by atoms with van der Waals surface area (Å²) in [7, 11) is 13.2. The van der Waals surface area contributed by atoms with Crippen molar-refractivity contribution in [2.45, 2.75) is 177 Å². The Morgan fingerprint density at radius 1 is 0.521 bits per heavy atom. The fourth-order valence-electron chi connectivity index (χ4n) is 14.2. The number of likely N-dealkylation sites (N-methyl/N-ethyl adjacent to an activating group) is 1. The van der Waals surface area contributed by atoms with Crippen molar-refractivity contribution in [3.05, 3.63) is 72.1 Å². The maximum absolute atomic E-state index is 14.0. The number of hydrogen-bond donors (Lipinski definition) is 16. The van der Waals surface area contributed by atoms with Gasteiger partial charge < -0.3 is 118 Å². The van der Waals surface area contributed by atoms with Crippen LogP contribution < -0.4 is 64.6 Å². The summed E-state index contributed by atoms with van der Waals surface area (Å²) < 4.78 is 19.4. The third kappa shape index (κ3) is 31.0. The second-order valence-corrected chi connectivity index (χ2v) is 36.9. The molecule has 0 aliphatic carbocycles. The fourth-order valence-corrected chi connectivity index (χ4v) is 18.6. The number of carboxylic acids is 2. The topological polar surface area (TPSA) is 552 Å². The van der Waals surface area contributed by atoms with Gasteiger partial charge in [0.15, 0.2) is 0 Å². The Labute approximate surface area is 715 Å². The second kappa shape index (κ2) is 47.0. The molecule has 14 amide bonds. The Morgan fingerprint density at radius 3 is 1.33 bits per heavy atom. The zero-order valence-electron chi connectivity index (χ0n) is 68.7. The number of morpholine rings is 1. The molecular weight excluding hydrogens is 1650 g/mol. The van der Waals surface area contributed by atoms with Crippen LogP contribution in [0.2, 0.25) is 0 Å². The number of H-pyrrole nitrogens is 2. The van der Waals surface area contributed by atoms with Crippen LogP contribution in [0.3, 0.4) is 0 Å². The van der Waals surface area contributed by atoms with Crippen LogP contribution in [-0.4, -0.2) is 323 Å². The number of nitrogens with two attached hydrogens (primary N) is 2. The predicted molar refractivity (Wildman–Crippen MR) is 451 cm³/mol. The van der Waals surface area contributed by atoms with Crippen LogP contribution in [0.25, 0.3) is 21.8 Å². The van der Waals surface area contributed by atoms with Gasteiger partial charge in [-0.1, -0.05) is 79.6 Å². The number of quaternary nitrogens is 2. The molecule has 5 saturated heterocycles. The largest absolute Gasteiger partial charge is 0.481 e. The number of carbonyl (C=O) groups is 16. The number of fused-ring (bicyclic) bond motifs is 4. The normalized spacial score (nSPS) is 25.7. The second-order valence-electron chi connectivity index (χ2n) is 31.7. The molecule has 0 radical (unpaired) electrons. The van der Waals surface area contributed by atoms with Gasteiger partial charge in [-0.25, -0.2) is 0 Å². The lowest BCUT2D eigenvalue weighted by Crippen LogP contribution is -2.58. The summed E-state index contributed by atoms with van der Waals surface area (Å²) in [6.07, 6.45) is 4.05. The van der Waals surface area contributed by atoms with Gasteiger partial charge >= 0.3 is 11.9 Å². The Balaban J connectivity index is 0.000000301. The van der Waals surface area contributed by atoms with Crippen molar-refractivity contribution in [2.24, 2.45) is 11.5 Å². The van der Waals surface area contributed by atoms with E-state index in [4.69, 9.17) is 25.7 Å². The van der Waals surface area contributed by atoms with Gasteiger partial charge in [-0.2, -0.15) is 0 Å². The van der Waals surface area contributed by atoms with Crippen molar-refractivity contribution in [1.82, 2.24) is 72.9 Å². The summed E-state index contributed by atoms with van der Waals surface area (Å²) >= 11 is 0. The molecule has 7 heterocycles. The number of primary amides is 2. The van der Waals surface area contributed by atoms with Crippen LogP contribution in [0.15, 0.2) is 60.9 Å². The van der Waals surface area contributed by atoms with Crippen LogP contribution in [0.1, 0.15) is 102 Å². The highest BCUT2D eigenvalue weighted by atomic mass is 33.1. The number of unbranched alkanes of at least 4 members (excludes halogenated alkanes) is 2. The van der Waals surface area contributed by atoms with Crippen LogP contribution in [0.5, 0.6) is 0 Å². The number of para-hydroxylation sites is 2. The fraction of sp³-hybridized carbons (Fsp3) is 0.590. The molecule has 9 rings (SSSR count). The zero-order valence-corrected chi connectivity index (χ0v) is 72.0. The van der Waals surface area contributed by atoms with Gasteiger partial charge in [-0.05, 0) is 64.5 Å². The molecule has 664 valence electrons. The predicted octanol–water partition coefficient (Wildman–Crippen LogP) is -1.53. The van der Waals surface area contributed by atoms with E-state index in [-0.39, 0.29) is 82.1 Å². The quantitative estimate of drug-likeness (QED) is 0.0241. The van der Waals surface area contributed by atoms with E-state index in [0.29, 0.717) is 36.3 Å². The maximum Gasteiger partial charge on any atom is 0.305 e. The van der Waals surface area contributed by atoms with E-state index in [2.05, 4.69) is 70.2 Å². The Morgan fingerprint density at radius 2 is 0.926 bits per heavy atom. The van der Waals surface area contributed by atoms with Crippen molar-refractivity contribution in [2.75, 3.05) is 117 Å². The third-order valence-corrected chi connectivity index (χ3v) is 25.8. The number of amides is 14. The van der Waals surface area contributed by atoms with E-state index in [1.807, 2.05) is 82.1 Å². The molecule has 2 aromatic heterocycles. The highest BCUT2D eigenvalue weighted by Gasteiger charge is 2.46. The van der Waals surface area contributed by atoms with Gasteiger partial charge in [-0.15, -0.1) is 0 Å². The number of carboxylic acid groups (broad SMARTS) is 2. The maximum atomic E-state index is 14.0. The monoisotopic (exact) mass is 1770 g/mol. The van der Waals surface area contributed by atoms with E-state index in [1.54, 1.807) is 0 Å². The molecule has 18 N–H and O–H groups in total. The first-order chi connectivity index (χ1) is 57.5. The molecule has 12 atom stereocenters. The molecule has 4 unspecified atom stereocenters. The lowest BCUT2D eigenvalue weighted by molar-refractivity contribution is -0.917. The molecule has 5 aliphatic heterocycles. The van der Waals surface area contributed by atoms with Gasteiger partial charge in [-0.3, -0.25) is 76.7 Å². The van der Waals surface area contributed by atoms with Gasteiger partial charge in [0, 0.05) is 107 Å². The van der Waals surface area contributed by atoms with Crippen LogP contribution >= 0.6 is 43.2 Å². The number of carbonyl (C=O) groups excluding carboxylic acids is 14. The molecule has 5 fully saturated rings. The Kier molecular flexibility index (Phi) is 37.6. The first-order valence-corrected chi connectivity index (χ1v) is 45.1. The molecule has 2 aromatic carbocycles. The minimum absolute atomic E-state index is 0.00768. The first-order valence-electron chi connectivity index (χ1n) is 40.1. The van der Waals surface area contributed by atoms with Gasteiger partial charge in [0.25, 0.3) is 0 Å². The van der Waals surface area contributed by atoms with E-state index in [1.165, 1.54) is 66.8 Å². The highest BCUT2D eigenvalue weighted by Crippen LogP contribution is 2.30. The van der Waals surface area contributed by atoms with Crippen molar-refractivity contribution < 1.29 is 110 Å². The van der Waals surface area contributed by atoms with E-state index < -0.39 is 193 Å². The number of aliphatic carboxylic acids is 2. The first kappa shape index (κ1) is 96.7. The molecule has 5 aliphatic rings. The number of ether oxygens (including phenoxy) is 3. The minimum atomic E-state index is -1.65. The molecule has 0 bridgehead atoms. The van der Waals surface area contributed by atoms with E-state index in [9.17, 15) is 86.9 Å². The van der Waals surface area contributed by atoms with Crippen molar-refractivity contribution >= 4 is 160 Å². The zero-order chi connectivity index (χ0) is 88.1. The SMILES string of the molecule is C[C@@H]1NC(=O)[C@H](CC(=O)O)NC(=O)CNC(=O)C(CCCC[N+](C)(C)C)NC(=O)CCSSC[C@@H](C(N)=O)NC(=O)[C@@H]2CC(OCc3c[nH]c4ccccc34)CN2C1=O.C[C@@H]1NC(=O)[C@H](CC(=O)O)NC(=O)CNC(=O)C(CCCC[N+]2(C)CCOCC2)NC(=O)CCSSC[C@@H](C(N)=O)NC(=O)[C@@H]2CC(OCc3c[nH]c4ccccc34)CN2C1=O. The minimum Gasteiger partial charge on any atom is -0.481 e. The average molecular weight is 1770 g/mol. The smallest absolute Gasteiger partial charge is 0.305 e. The summed E-state index contributed by atoms with van der Waals surface area (Å²) in [6.45, 7) is 6.41. The molecule has 43 heteroatoms. The Hall–Kier alpha value is -9.76. The number of aromatic amines is 2. The van der Waals surface area contributed by atoms with Crippen molar-refractivity contribution in [3.63, 3.8) is 0 Å². The van der Waals surface area contributed by atoms with Crippen LogP contribution in [-0.2, 0) is 104 Å². The summed E-state index contributed by atoms with van der Waals surface area (Å²) in [5.41, 5.74) is 14.9. The number of nitrogens with zero attached hydrogens (tertiary/aromatic N) is 4. The van der Waals surface area contributed by atoms with E-state index >= 15 is 0 Å².